The van der Waals surface area contributed by atoms with E-state index in [-0.39, 0.29) is 0 Å². The Morgan fingerprint density at radius 2 is 1.94 bits per heavy atom. The minimum absolute atomic E-state index is 0.551. The van der Waals surface area contributed by atoms with Gasteiger partial charge in [0.05, 0.1) is 0 Å². The van der Waals surface area contributed by atoms with Gasteiger partial charge in [-0.2, -0.15) is 4.98 Å². The third-order valence-electron chi connectivity index (χ3n) is 3.43. The van der Waals surface area contributed by atoms with Gasteiger partial charge in [0, 0.05) is 12.2 Å². The molecular formula is C13H18N4. The van der Waals surface area contributed by atoms with Crippen molar-refractivity contribution in [2.75, 3.05) is 5.32 Å². The van der Waals surface area contributed by atoms with Crippen LogP contribution in [0.2, 0.25) is 0 Å². The van der Waals surface area contributed by atoms with E-state index in [4.69, 9.17) is 0 Å². The standard InChI is InChI=1S/C13H18N4/c1-2-4-8-11(7-3-1)14-13-15-12-9-5-6-10-17(12)16-13/h5-6,9-11H,1-4,7-8H2,(H,14,16). The van der Waals surface area contributed by atoms with Crippen molar-refractivity contribution in [3.8, 4) is 0 Å². The van der Waals surface area contributed by atoms with Gasteiger partial charge in [-0.15, -0.1) is 5.10 Å². The van der Waals surface area contributed by atoms with E-state index in [1.165, 1.54) is 38.5 Å². The maximum atomic E-state index is 4.48. The molecule has 0 unspecified atom stereocenters. The quantitative estimate of drug-likeness (QED) is 0.807. The fourth-order valence-electron chi connectivity index (χ4n) is 2.50. The molecule has 4 nitrogen and oxygen atoms in total. The summed E-state index contributed by atoms with van der Waals surface area (Å²) in [6, 6.07) is 6.48. The Hall–Kier alpha value is -1.58. The molecule has 2 aromatic rings. The number of fused-ring (bicyclic) bond motifs is 1. The highest BCUT2D eigenvalue weighted by atomic mass is 15.3. The molecule has 90 valence electrons. The highest BCUT2D eigenvalue weighted by molar-refractivity contribution is 5.43. The lowest BCUT2D eigenvalue weighted by atomic mass is 10.1. The van der Waals surface area contributed by atoms with Crippen molar-refractivity contribution in [1.82, 2.24) is 14.6 Å². The Bertz CT molecular complexity index is 450. The Kier molecular flexibility index (Phi) is 2.94. The molecule has 0 atom stereocenters. The molecule has 0 aromatic carbocycles. The van der Waals surface area contributed by atoms with Gasteiger partial charge >= 0.3 is 0 Å². The number of rotatable bonds is 2. The summed E-state index contributed by atoms with van der Waals surface area (Å²) in [5.41, 5.74) is 0.906. The van der Waals surface area contributed by atoms with Crippen LogP contribution in [-0.4, -0.2) is 20.6 Å². The number of pyridine rings is 1. The predicted octanol–water partition coefficient (Wildman–Crippen LogP) is 2.86. The second kappa shape index (κ2) is 4.73. The molecule has 1 aliphatic carbocycles. The molecule has 0 aliphatic heterocycles. The first kappa shape index (κ1) is 10.6. The van der Waals surface area contributed by atoms with Gasteiger partial charge in [-0.1, -0.05) is 31.7 Å². The van der Waals surface area contributed by atoms with Crippen LogP contribution in [-0.2, 0) is 0 Å². The Morgan fingerprint density at radius 1 is 1.12 bits per heavy atom. The van der Waals surface area contributed by atoms with Crippen molar-refractivity contribution in [2.24, 2.45) is 0 Å². The Balaban J connectivity index is 1.75. The van der Waals surface area contributed by atoms with Gasteiger partial charge in [0.2, 0.25) is 5.95 Å². The largest absolute Gasteiger partial charge is 0.350 e. The van der Waals surface area contributed by atoms with Gasteiger partial charge in [-0.25, -0.2) is 4.52 Å². The number of hydrogen-bond acceptors (Lipinski definition) is 3. The van der Waals surface area contributed by atoms with Crippen LogP contribution in [0.1, 0.15) is 38.5 Å². The van der Waals surface area contributed by atoms with Crippen LogP contribution in [0.5, 0.6) is 0 Å². The SMILES string of the molecule is c1ccn2nc(NC3CCCCCC3)nc2c1. The molecule has 4 heteroatoms. The summed E-state index contributed by atoms with van der Waals surface area (Å²) in [5.74, 6) is 0.767. The molecule has 1 aliphatic rings. The van der Waals surface area contributed by atoms with E-state index in [2.05, 4.69) is 15.4 Å². The van der Waals surface area contributed by atoms with Crippen molar-refractivity contribution in [3.05, 3.63) is 24.4 Å². The molecule has 3 rings (SSSR count). The summed E-state index contributed by atoms with van der Waals surface area (Å²) in [6.45, 7) is 0. The van der Waals surface area contributed by atoms with Crippen molar-refractivity contribution < 1.29 is 0 Å². The lowest BCUT2D eigenvalue weighted by Gasteiger charge is -2.13. The third-order valence-corrected chi connectivity index (χ3v) is 3.43. The van der Waals surface area contributed by atoms with E-state index < -0.39 is 0 Å². The zero-order chi connectivity index (χ0) is 11.5. The topological polar surface area (TPSA) is 42.2 Å². The lowest BCUT2D eigenvalue weighted by Crippen LogP contribution is -2.19. The first-order valence-electron chi connectivity index (χ1n) is 6.50. The van der Waals surface area contributed by atoms with Crippen LogP contribution in [0.3, 0.4) is 0 Å². The summed E-state index contributed by atoms with van der Waals surface area (Å²) in [7, 11) is 0. The fraction of sp³-hybridized carbons (Fsp3) is 0.538. The Morgan fingerprint density at radius 3 is 2.71 bits per heavy atom. The van der Waals surface area contributed by atoms with Crippen molar-refractivity contribution >= 4 is 11.6 Å². The highest BCUT2D eigenvalue weighted by Gasteiger charge is 2.13. The smallest absolute Gasteiger partial charge is 0.243 e. The number of aromatic nitrogens is 3. The minimum Gasteiger partial charge on any atom is -0.350 e. The summed E-state index contributed by atoms with van der Waals surface area (Å²) in [4.78, 5) is 4.48. The molecule has 0 spiro atoms. The number of hydrogen-bond donors (Lipinski definition) is 1. The monoisotopic (exact) mass is 230 g/mol. The molecular weight excluding hydrogens is 212 g/mol. The first-order valence-corrected chi connectivity index (χ1v) is 6.50. The maximum absolute atomic E-state index is 4.48. The molecule has 1 N–H and O–H groups in total. The molecule has 1 saturated carbocycles. The number of anilines is 1. The van der Waals surface area contributed by atoms with Crippen LogP contribution in [0.4, 0.5) is 5.95 Å². The summed E-state index contributed by atoms with van der Waals surface area (Å²) < 4.78 is 1.82. The van der Waals surface area contributed by atoms with E-state index in [9.17, 15) is 0 Å². The summed E-state index contributed by atoms with van der Waals surface area (Å²) >= 11 is 0. The number of nitrogens with one attached hydrogen (secondary N) is 1. The highest BCUT2D eigenvalue weighted by Crippen LogP contribution is 2.19. The van der Waals surface area contributed by atoms with Gasteiger partial charge in [0.25, 0.3) is 0 Å². The second-order valence-corrected chi connectivity index (χ2v) is 4.77. The molecule has 0 radical (unpaired) electrons. The van der Waals surface area contributed by atoms with Crippen LogP contribution in [0, 0.1) is 0 Å². The van der Waals surface area contributed by atoms with Gasteiger partial charge in [-0.3, -0.25) is 0 Å². The van der Waals surface area contributed by atoms with Gasteiger partial charge < -0.3 is 5.32 Å². The molecule has 1 fully saturated rings. The van der Waals surface area contributed by atoms with Crippen LogP contribution in [0.15, 0.2) is 24.4 Å². The van der Waals surface area contributed by atoms with E-state index in [1.807, 2.05) is 28.9 Å². The zero-order valence-electron chi connectivity index (χ0n) is 9.97. The average molecular weight is 230 g/mol. The second-order valence-electron chi connectivity index (χ2n) is 4.77. The van der Waals surface area contributed by atoms with E-state index in [0.29, 0.717) is 6.04 Å². The molecule has 2 aromatic heterocycles. The third kappa shape index (κ3) is 2.40. The van der Waals surface area contributed by atoms with E-state index in [1.54, 1.807) is 0 Å². The minimum atomic E-state index is 0.551. The summed E-state index contributed by atoms with van der Waals surface area (Å²) in [5, 5.41) is 7.90. The molecule has 0 saturated heterocycles. The molecule has 0 bridgehead atoms. The normalized spacial score (nSPS) is 18.1. The lowest BCUT2D eigenvalue weighted by molar-refractivity contribution is 0.615. The first-order chi connectivity index (χ1) is 8.42. The van der Waals surface area contributed by atoms with Crippen LogP contribution >= 0.6 is 0 Å². The van der Waals surface area contributed by atoms with Gasteiger partial charge in [-0.05, 0) is 25.0 Å². The molecule has 0 amide bonds. The van der Waals surface area contributed by atoms with Crippen LogP contribution < -0.4 is 5.32 Å². The van der Waals surface area contributed by atoms with Gasteiger partial charge in [0.1, 0.15) is 0 Å². The molecule has 2 heterocycles. The van der Waals surface area contributed by atoms with E-state index >= 15 is 0 Å². The predicted molar refractivity (Wildman–Crippen MR) is 68.1 cm³/mol. The maximum Gasteiger partial charge on any atom is 0.243 e. The number of nitrogens with zero attached hydrogens (tertiary/aromatic N) is 3. The van der Waals surface area contributed by atoms with Crippen molar-refractivity contribution in [2.45, 2.75) is 44.6 Å². The van der Waals surface area contributed by atoms with Crippen LogP contribution in [0.25, 0.3) is 5.65 Å². The van der Waals surface area contributed by atoms with Crippen molar-refractivity contribution in [3.63, 3.8) is 0 Å². The van der Waals surface area contributed by atoms with Crippen molar-refractivity contribution in [1.29, 1.82) is 0 Å². The molecule has 17 heavy (non-hydrogen) atoms. The summed E-state index contributed by atoms with van der Waals surface area (Å²) in [6.07, 6.45) is 9.81. The fourth-order valence-corrected chi connectivity index (χ4v) is 2.50. The average Bonchev–Trinajstić information content (AvgIpc) is 2.57. The zero-order valence-corrected chi connectivity index (χ0v) is 9.97. The van der Waals surface area contributed by atoms with Gasteiger partial charge in [0.15, 0.2) is 5.65 Å². The van der Waals surface area contributed by atoms with E-state index in [0.717, 1.165) is 11.6 Å². The Labute approximate surface area is 101 Å².